The Labute approximate surface area is 148 Å². The molecule has 0 heterocycles. The van der Waals surface area contributed by atoms with Gasteiger partial charge in [-0.2, -0.15) is 0 Å². The fourth-order valence-corrected chi connectivity index (χ4v) is 3.15. The van der Waals surface area contributed by atoms with E-state index >= 15 is 0 Å². The van der Waals surface area contributed by atoms with Gasteiger partial charge in [-0.15, -0.1) is 0 Å². The van der Waals surface area contributed by atoms with E-state index in [-0.39, 0.29) is 5.92 Å². The molecule has 4 aliphatic carbocycles. The van der Waals surface area contributed by atoms with Crippen LogP contribution in [0.1, 0.15) is 0 Å². The third kappa shape index (κ3) is 3.36. The molecule has 1 heteroatoms. The molecular weight excluding hydrogens is 302 g/mol. The Morgan fingerprint density at radius 3 is 2.36 bits per heavy atom. The van der Waals surface area contributed by atoms with Gasteiger partial charge in [0.2, 0.25) is 0 Å². The van der Waals surface area contributed by atoms with Gasteiger partial charge in [-0.05, 0) is 23.3 Å². The molecule has 0 spiro atoms. The van der Waals surface area contributed by atoms with Crippen LogP contribution in [-0.2, 0) is 0 Å². The maximum Gasteiger partial charge on any atom is 0.0711 e. The maximum absolute atomic E-state index is 5.07. The summed E-state index contributed by atoms with van der Waals surface area (Å²) in [4.78, 5) is 5.07. The topological polar surface area (TPSA) is 12.4 Å². The minimum absolute atomic E-state index is 0.169. The molecule has 0 amide bonds. The number of allylic oxidation sites excluding steroid dienone is 21. The molecular formula is C24H19N. The van der Waals surface area contributed by atoms with Gasteiger partial charge in [-0.25, -0.2) is 0 Å². The van der Waals surface area contributed by atoms with Gasteiger partial charge in [0.15, 0.2) is 0 Å². The first-order valence-electron chi connectivity index (χ1n) is 8.55. The lowest BCUT2D eigenvalue weighted by molar-refractivity contribution is 1.07. The predicted molar refractivity (Wildman–Crippen MR) is 107 cm³/mol. The monoisotopic (exact) mass is 321 g/mol. The summed E-state index contributed by atoms with van der Waals surface area (Å²) < 4.78 is 0. The zero-order valence-corrected chi connectivity index (χ0v) is 13.9. The molecule has 0 aliphatic heterocycles. The van der Waals surface area contributed by atoms with Crippen molar-refractivity contribution in [3.05, 3.63) is 132 Å². The summed E-state index contributed by atoms with van der Waals surface area (Å²) in [6, 6.07) is 0. The van der Waals surface area contributed by atoms with E-state index < -0.39 is 0 Å². The highest BCUT2D eigenvalue weighted by molar-refractivity contribution is 6.02. The Morgan fingerprint density at radius 1 is 0.600 bits per heavy atom. The first kappa shape index (κ1) is 15.3. The fourth-order valence-electron chi connectivity index (χ4n) is 3.15. The molecule has 0 saturated carbocycles. The number of hydrogen-bond donors (Lipinski definition) is 0. The zero-order chi connectivity index (χ0) is 16.9. The van der Waals surface area contributed by atoms with E-state index in [1.165, 1.54) is 11.1 Å². The highest BCUT2D eigenvalue weighted by Crippen LogP contribution is 2.28. The van der Waals surface area contributed by atoms with Crippen LogP contribution in [-0.4, -0.2) is 5.71 Å². The third-order valence-corrected chi connectivity index (χ3v) is 4.40. The molecule has 0 saturated heterocycles. The lowest BCUT2D eigenvalue weighted by Crippen LogP contribution is -2.11. The van der Waals surface area contributed by atoms with Crippen molar-refractivity contribution >= 4 is 5.71 Å². The average Bonchev–Trinajstić information content (AvgIpc) is 3.11. The first-order chi connectivity index (χ1) is 12.4. The summed E-state index contributed by atoms with van der Waals surface area (Å²) in [7, 11) is 0. The van der Waals surface area contributed by atoms with E-state index in [1.807, 2.05) is 6.08 Å². The van der Waals surface area contributed by atoms with Gasteiger partial charge >= 0.3 is 0 Å². The van der Waals surface area contributed by atoms with E-state index in [0.717, 1.165) is 17.0 Å². The van der Waals surface area contributed by atoms with Crippen molar-refractivity contribution in [3.63, 3.8) is 0 Å². The Hall–Kier alpha value is -3.19. The molecule has 0 bridgehead atoms. The molecule has 1 atom stereocenters. The Kier molecular flexibility index (Phi) is 4.38. The van der Waals surface area contributed by atoms with E-state index in [2.05, 4.69) is 103 Å². The number of hydrogen-bond acceptors (Lipinski definition) is 1. The van der Waals surface area contributed by atoms with Crippen molar-refractivity contribution in [2.45, 2.75) is 0 Å². The van der Waals surface area contributed by atoms with Gasteiger partial charge in [-0.3, -0.25) is 4.99 Å². The van der Waals surface area contributed by atoms with Crippen LogP contribution in [0.4, 0.5) is 0 Å². The Morgan fingerprint density at radius 2 is 1.36 bits per heavy atom. The van der Waals surface area contributed by atoms with E-state index in [9.17, 15) is 0 Å². The van der Waals surface area contributed by atoms with Crippen molar-refractivity contribution in [2.75, 3.05) is 0 Å². The highest BCUT2D eigenvalue weighted by atomic mass is 14.8. The second-order valence-corrected chi connectivity index (χ2v) is 6.05. The molecule has 0 radical (unpaired) electrons. The predicted octanol–water partition coefficient (Wildman–Crippen LogP) is 5.65. The van der Waals surface area contributed by atoms with Crippen LogP contribution in [0.15, 0.2) is 137 Å². The molecule has 1 nitrogen and oxygen atoms in total. The molecule has 4 aliphatic rings. The minimum Gasteiger partial charge on any atom is -0.252 e. The molecule has 0 aromatic heterocycles. The largest absolute Gasteiger partial charge is 0.252 e. The molecule has 25 heavy (non-hydrogen) atoms. The normalized spacial score (nSPS) is 25.1. The Bertz CT molecular complexity index is 929. The van der Waals surface area contributed by atoms with E-state index in [1.54, 1.807) is 0 Å². The fraction of sp³-hybridized carbons (Fsp3) is 0.0417. The standard InChI is InChI=1S/C24H19N/c1-3-11-19-13-7-9-17-23(21(19)15-5-1)25-24-18-10-8-14-20-12-4-2-6-16-22(20)24/h1-18,21H. The summed E-state index contributed by atoms with van der Waals surface area (Å²) in [6.45, 7) is 0. The van der Waals surface area contributed by atoms with Crippen LogP contribution in [0, 0.1) is 5.92 Å². The van der Waals surface area contributed by atoms with Gasteiger partial charge in [0, 0.05) is 11.5 Å². The molecule has 0 aromatic rings. The molecule has 120 valence electrons. The van der Waals surface area contributed by atoms with E-state index in [4.69, 9.17) is 4.99 Å². The van der Waals surface area contributed by atoms with Crippen molar-refractivity contribution < 1.29 is 0 Å². The quantitative estimate of drug-likeness (QED) is 0.591. The highest BCUT2D eigenvalue weighted by Gasteiger charge is 2.18. The lowest BCUT2D eigenvalue weighted by atomic mass is 9.94. The second-order valence-electron chi connectivity index (χ2n) is 6.05. The molecule has 4 rings (SSSR count). The van der Waals surface area contributed by atoms with Gasteiger partial charge in [0.05, 0.1) is 11.4 Å². The number of rotatable bonds is 1. The van der Waals surface area contributed by atoms with Crippen molar-refractivity contribution in [2.24, 2.45) is 10.9 Å². The van der Waals surface area contributed by atoms with Crippen molar-refractivity contribution in [3.8, 4) is 0 Å². The lowest BCUT2D eigenvalue weighted by Gasteiger charge is -2.14. The van der Waals surface area contributed by atoms with Crippen molar-refractivity contribution in [1.82, 2.24) is 0 Å². The van der Waals surface area contributed by atoms with Crippen LogP contribution >= 0.6 is 0 Å². The summed E-state index contributed by atoms with van der Waals surface area (Å²) in [5.41, 5.74) is 5.62. The third-order valence-electron chi connectivity index (χ3n) is 4.40. The number of fused-ring (bicyclic) bond motifs is 2. The van der Waals surface area contributed by atoms with Crippen LogP contribution in [0.2, 0.25) is 0 Å². The summed E-state index contributed by atoms with van der Waals surface area (Å²) in [5.74, 6) is 0.169. The van der Waals surface area contributed by atoms with Crippen molar-refractivity contribution in [1.29, 1.82) is 0 Å². The van der Waals surface area contributed by atoms with E-state index in [0.29, 0.717) is 0 Å². The first-order valence-corrected chi connectivity index (χ1v) is 8.55. The van der Waals surface area contributed by atoms with Gasteiger partial charge in [0.25, 0.3) is 0 Å². The second kappa shape index (κ2) is 7.14. The summed E-state index contributed by atoms with van der Waals surface area (Å²) >= 11 is 0. The summed E-state index contributed by atoms with van der Waals surface area (Å²) in [5, 5.41) is 0. The number of aliphatic imine (C=N–C) groups is 1. The molecule has 0 N–H and O–H groups in total. The van der Waals surface area contributed by atoms with Gasteiger partial charge in [0.1, 0.15) is 0 Å². The van der Waals surface area contributed by atoms with Crippen LogP contribution in [0.5, 0.6) is 0 Å². The van der Waals surface area contributed by atoms with Gasteiger partial charge in [-0.1, -0.05) is 97.2 Å². The van der Waals surface area contributed by atoms with Gasteiger partial charge < -0.3 is 0 Å². The van der Waals surface area contributed by atoms with Crippen LogP contribution in [0.3, 0.4) is 0 Å². The molecule has 1 unspecified atom stereocenters. The number of nitrogens with zero attached hydrogens (tertiary/aromatic N) is 1. The summed E-state index contributed by atoms with van der Waals surface area (Å²) in [6.07, 6.45) is 37.8. The molecule has 0 aromatic carbocycles. The van der Waals surface area contributed by atoms with Crippen LogP contribution in [0.25, 0.3) is 0 Å². The Balaban J connectivity index is 1.83. The minimum atomic E-state index is 0.169. The molecule has 0 fully saturated rings. The average molecular weight is 321 g/mol. The smallest absolute Gasteiger partial charge is 0.0711 e. The van der Waals surface area contributed by atoms with Crippen LogP contribution < -0.4 is 0 Å². The zero-order valence-electron chi connectivity index (χ0n) is 13.9. The maximum atomic E-state index is 5.07. The SMILES string of the molecule is C1=CC=C2C=CC=CC(N=C3C=CC=CC4=CC=CC=CC43)=C2C=C1.